The maximum Gasteiger partial charge on any atom is 0.160 e. The van der Waals surface area contributed by atoms with Gasteiger partial charge in [0.15, 0.2) is 6.29 Å². The molecule has 0 saturated carbocycles. The summed E-state index contributed by atoms with van der Waals surface area (Å²) in [6.07, 6.45) is 8.02. The summed E-state index contributed by atoms with van der Waals surface area (Å²) in [5, 5.41) is 0.970. The van der Waals surface area contributed by atoms with Crippen molar-refractivity contribution in [2.24, 2.45) is 0 Å². The molecule has 0 fully saturated rings. The van der Waals surface area contributed by atoms with E-state index < -0.39 is 0 Å². The summed E-state index contributed by atoms with van der Waals surface area (Å²) >= 11 is 1.50. The average Bonchev–Trinajstić information content (AvgIpc) is 2.60. The topological polar surface area (TPSA) is 17.1 Å². The van der Waals surface area contributed by atoms with Gasteiger partial charge in [-0.15, -0.1) is 11.3 Å². The van der Waals surface area contributed by atoms with Gasteiger partial charge in [-0.2, -0.15) is 0 Å². The van der Waals surface area contributed by atoms with Crippen molar-refractivity contribution < 1.29 is 4.79 Å². The number of aldehydes is 1. The second-order valence-electron chi connectivity index (χ2n) is 3.06. The maximum absolute atomic E-state index is 10.7. The Labute approximate surface area is 102 Å². The largest absolute Gasteiger partial charge is 0.297 e. The Bertz CT molecular complexity index is 452. The Hall–Kier alpha value is -1.15. The highest BCUT2D eigenvalue weighted by molar-refractivity contribution is 7.11. The monoisotopic (exact) mass is 236 g/mol. The Morgan fingerprint density at radius 2 is 2.00 bits per heavy atom. The van der Waals surface area contributed by atoms with Gasteiger partial charge in [-0.1, -0.05) is 39.5 Å². The quantitative estimate of drug-likeness (QED) is 0.737. The third kappa shape index (κ3) is 3.78. The highest BCUT2D eigenvalue weighted by Crippen LogP contribution is 2.02. The Morgan fingerprint density at radius 1 is 1.38 bits per heavy atom. The molecule has 0 aliphatic heterocycles. The van der Waals surface area contributed by atoms with Crippen LogP contribution >= 0.6 is 11.3 Å². The predicted molar refractivity (Wildman–Crippen MR) is 74.5 cm³/mol. The van der Waals surface area contributed by atoms with Gasteiger partial charge in [-0.05, 0) is 30.2 Å². The summed E-state index contributed by atoms with van der Waals surface area (Å²) in [6.45, 7) is 12.0. The van der Waals surface area contributed by atoms with Crippen molar-refractivity contribution in [1.29, 1.82) is 0 Å². The zero-order valence-corrected chi connectivity index (χ0v) is 11.4. The van der Waals surface area contributed by atoms with Crippen molar-refractivity contribution in [2.45, 2.75) is 34.1 Å². The fourth-order valence-electron chi connectivity index (χ4n) is 1.13. The highest BCUT2D eigenvalue weighted by Gasteiger charge is 2.00. The van der Waals surface area contributed by atoms with E-state index in [-0.39, 0.29) is 0 Å². The van der Waals surface area contributed by atoms with Crippen LogP contribution in [0.4, 0.5) is 0 Å². The van der Waals surface area contributed by atoms with Crippen LogP contribution in [0, 0.1) is 6.92 Å². The van der Waals surface area contributed by atoms with E-state index in [1.54, 1.807) is 0 Å². The van der Waals surface area contributed by atoms with Crippen LogP contribution in [0.3, 0.4) is 0 Å². The van der Waals surface area contributed by atoms with E-state index in [1.807, 2.05) is 32.9 Å². The van der Waals surface area contributed by atoms with E-state index in [9.17, 15) is 4.79 Å². The molecule has 88 valence electrons. The fraction of sp³-hybridized carbons (Fsp3) is 0.357. The molecule has 0 unspecified atom stereocenters. The molecule has 0 spiro atoms. The van der Waals surface area contributed by atoms with Gasteiger partial charge in [0, 0.05) is 4.53 Å². The van der Waals surface area contributed by atoms with Gasteiger partial charge < -0.3 is 0 Å². The van der Waals surface area contributed by atoms with Crippen LogP contribution in [-0.2, 0) is 0 Å². The summed E-state index contributed by atoms with van der Waals surface area (Å²) in [4.78, 5) is 11.5. The lowest BCUT2D eigenvalue weighted by Gasteiger charge is -1.81. The molecule has 1 nitrogen and oxygen atoms in total. The average molecular weight is 236 g/mol. The van der Waals surface area contributed by atoms with Crippen LogP contribution in [0.1, 0.15) is 42.4 Å². The molecule has 1 aromatic heterocycles. The zero-order chi connectivity index (χ0) is 12.6. The predicted octanol–water partition coefficient (Wildman–Crippen LogP) is 3.05. The lowest BCUT2D eigenvalue weighted by atomic mass is 10.2. The number of rotatable bonds is 3. The molecule has 0 aliphatic rings. The van der Waals surface area contributed by atoms with Crippen molar-refractivity contribution in [3.8, 4) is 0 Å². The first-order valence-electron chi connectivity index (χ1n) is 5.61. The molecule has 1 aromatic rings. The number of carbonyl (C=O) groups is 1. The van der Waals surface area contributed by atoms with Crippen LogP contribution < -0.4 is 9.75 Å². The maximum atomic E-state index is 10.7. The first-order chi connectivity index (χ1) is 7.70. The van der Waals surface area contributed by atoms with Crippen LogP contribution in [0.15, 0.2) is 12.2 Å². The summed E-state index contributed by atoms with van der Waals surface area (Å²) < 4.78 is 1.08. The molecular weight excluding hydrogens is 216 g/mol. The highest BCUT2D eigenvalue weighted by atomic mass is 32.1. The molecule has 2 heteroatoms. The normalized spacial score (nSPS) is 11.4. The molecule has 0 amide bonds. The second-order valence-corrected chi connectivity index (χ2v) is 4.14. The Kier molecular flexibility index (Phi) is 7.48. The number of thiophene rings is 1. The van der Waals surface area contributed by atoms with E-state index in [2.05, 4.69) is 19.6 Å². The van der Waals surface area contributed by atoms with Crippen molar-refractivity contribution in [1.82, 2.24) is 0 Å². The van der Waals surface area contributed by atoms with Gasteiger partial charge in [-0.3, -0.25) is 4.79 Å². The van der Waals surface area contributed by atoms with Crippen LogP contribution in [-0.4, -0.2) is 6.29 Å². The molecule has 0 atom stereocenters. The molecule has 0 aliphatic carbocycles. The van der Waals surface area contributed by atoms with Crippen LogP contribution in [0.5, 0.6) is 0 Å². The second kappa shape index (κ2) is 8.05. The first kappa shape index (κ1) is 14.8. The number of carbonyl (C=O) groups excluding carboxylic acids is 1. The summed E-state index contributed by atoms with van der Waals surface area (Å²) in [7, 11) is 0. The summed E-state index contributed by atoms with van der Waals surface area (Å²) in [5.41, 5.74) is 1.00. The summed E-state index contributed by atoms with van der Waals surface area (Å²) in [6, 6.07) is 0. The van der Waals surface area contributed by atoms with Crippen LogP contribution in [0.2, 0.25) is 0 Å². The van der Waals surface area contributed by atoms with Crippen molar-refractivity contribution in [2.75, 3.05) is 0 Å². The number of allylic oxidation sites excluding steroid dienone is 2. The van der Waals surface area contributed by atoms with E-state index in [0.717, 1.165) is 32.9 Å². The van der Waals surface area contributed by atoms with E-state index >= 15 is 0 Å². The molecule has 0 aromatic carbocycles. The zero-order valence-electron chi connectivity index (χ0n) is 10.5. The van der Waals surface area contributed by atoms with Crippen molar-refractivity contribution >= 4 is 30.3 Å². The number of hydrogen-bond donors (Lipinski definition) is 0. The minimum atomic E-state index is 0.783. The van der Waals surface area contributed by atoms with E-state index in [1.165, 1.54) is 11.3 Å². The van der Waals surface area contributed by atoms with E-state index in [0.29, 0.717) is 0 Å². The summed E-state index contributed by atoms with van der Waals surface area (Å²) in [5.74, 6) is 0. The number of hydrogen-bond acceptors (Lipinski definition) is 2. The molecule has 1 heterocycles. The third-order valence-corrected chi connectivity index (χ3v) is 3.29. The lowest BCUT2D eigenvalue weighted by Crippen LogP contribution is -2.17. The first-order valence-corrected chi connectivity index (χ1v) is 6.42. The fourth-order valence-corrected chi connectivity index (χ4v) is 2.11. The van der Waals surface area contributed by atoms with Crippen LogP contribution in [0.25, 0.3) is 12.7 Å². The van der Waals surface area contributed by atoms with Gasteiger partial charge >= 0.3 is 0 Å². The Morgan fingerprint density at radius 3 is 2.44 bits per heavy atom. The van der Waals surface area contributed by atoms with Gasteiger partial charge in [0.2, 0.25) is 0 Å². The lowest BCUT2D eigenvalue weighted by molar-refractivity contribution is 0.112. The third-order valence-electron chi connectivity index (χ3n) is 2.07. The molecule has 16 heavy (non-hydrogen) atoms. The van der Waals surface area contributed by atoms with Gasteiger partial charge in [0.25, 0.3) is 0 Å². The SMILES string of the molecule is C=c1c(C)c(C=O)s/c1=C/C=C/CC.CC. The van der Waals surface area contributed by atoms with Crippen molar-refractivity contribution in [3.05, 3.63) is 32.3 Å². The smallest absolute Gasteiger partial charge is 0.160 e. The standard InChI is InChI=1S/C12H14OS.C2H6/c1-4-5-6-7-11-9(2)10(3)12(8-13)14-11;1-2/h5-8H,2,4H2,1,3H3;1-2H3/b6-5+,11-7+;. The van der Waals surface area contributed by atoms with Crippen molar-refractivity contribution in [3.63, 3.8) is 0 Å². The molecular formula is C14H20OS. The Balaban J connectivity index is 0.00000106. The van der Waals surface area contributed by atoms with Gasteiger partial charge in [0.05, 0.1) is 4.88 Å². The molecule has 0 radical (unpaired) electrons. The minimum Gasteiger partial charge on any atom is -0.297 e. The van der Waals surface area contributed by atoms with E-state index in [4.69, 9.17) is 0 Å². The van der Waals surface area contributed by atoms with Gasteiger partial charge in [-0.25, -0.2) is 0 Å². The minimum absolute atomic E-state index is 0.783. The van der Waals surface area contributed by atoms with Gasteiger partial charge in [0.1, 0.15) is 0 Å². The molecule has 0 N–H and O–H groups in total. The molecule has 0 saturated heterocycles. The molecule has 1 rings (SSSR count). The molecule has 0 bridgehead atoms.